The first-order valence-corrected chi connectivity index (χ1v) is 11.3. The van der Waals surface area contributed by atoms with Crippen molar-refractivity contribution in [1.29, 1.82) is 0 Å². The van der Waals surface area contributed by atoms with E-state index in [0.29, 0.717) is 10.7 Å². The van der Waals surface area contributed by atoms with Crippen molar-refractivity contribution in [3.63, 3.8) is 0 Å². The molecule has 0 aliphatic carbocycles. The summed E-state index contributed by atoms with van der Waals surface area (Å²) in [5.41, 5.74) is 3.06. The maximum absolute atomic E-state index is 13.0. The molecule has 1 aromatic heterocycles. The highest BCUT2D eigenvalue weighted by Crippen LogP contribution is 2.30. The Morgan fingerprint density at radius 3 is 2.14 bits per heavy atom. The molecule has 4 rings (SSSR count). The van der Waals surface area contributed by atoms with Crippen molar-refractivity contribution in [3.8, 4) is 21.8 Å². The highest BCUT2D eigenvalue weighted by Gasteiger charge is 2.14. The van der Waals surface area contributed by atoms with E-state index in [1.807, 2.05) is 29.6 Å². The predicted octanol–water partition coefficient (Wildman–Crippen LogP) is 6.07. The lowest BCUT2D eigenvalue weighted by Gasteiger charge is -2.08. The molecule has 4 aromatic rings. The summed E-state index contributed by atoms with van der Waals surface area (Å²) in [6.45, 7) is 0. The van der Waals surface area contributed by atoms with Crippen LogP contribution < -0.4 is 4.72 Å². The summed E-state index contributed by atoms with van der Waals surface area (Å²) in [6, 6.07) is 19.0. The number of halogens is 2. The van der Waals surface area contributed by atoms with Crippen LogP contribution in [-0.2, 0) is 10.0 Å². The number of aromatic nitrogens is 1. The van der Waals surface area contributed by atoms with Gasteiger partial charge >= 0.3 is 0 Å². The smallest absolute Gasteiger partial charge is 0.261 e. The summed E-state index contributed by atoms with van der Waals surface area (Å²) in [7, 11) is -3.78. The number of anilines is 1. The van der Waals surface area contributed by atoms with E-state index < -0.39 is 15.8 Å². The Hall–Kier alpha value is -2.74. The first-order valence-electron chi connectivity index (χ1n) is 8.51. The lowest BCUT2D eigenvalue weighted by atomic mass is 10.1. The molecule has 0 radical (unpaired) electrons. The number of benzene rings is 3. The van der Waals surface area contributed by atoms with Crippen LogP contribution in [0.1, 0.15) is 0 Å². The standard InChI is InChI=1S/C21H14ClFN2O2S2/c22-16-5-1-15(2-6-16)21-24-20(13-28-21)14-3-9-18(10-4-14)25-29(26,27)19-11-7-17(23)8-12-19/h1-13,25H. The highest BCUT2D eigenvalue weighted by molar-refractivity contribution is 7.92. The summed E-state index contributed by atoms with van der Waals surface area (Å²) in [5.74, 6) is -0.491. The van der Waals surface area contributed by atoms with Gasteiger partial charge in [0.25, 0.3) is 10.0 Å². The molecule has 29 heavy (non-hydrogen) atoms. The van der Waals surface area contributed by atoms with E-state index in [1.54, 1.807) is 24.3 Å². The predicted molar refractivity (Wildman–Crippen MR) is 115 cm³/mol. The molecule has 0 saturated heterocycles. The van der Waals surface area contributed by atoms with Crippen LogP contribution in [0.2, 0.25) is 5.02 Å². The summed E-state index contributed by atoms with van der Waals surface area (Å²) in [5, 5.41) is 3.49. The summed E-state index contributed by atoms with van der Waals surface area (Å²) in [6.07, 6.45) is 0. The van der Waals surface area contributed by atoms with Gasteiger partial charge < -0.3 is 0 Å². The van der Waals surface area contributed by atoms with E-state index in [1.165, 1.54) is 23.5 Å². The van der Waals surface area contributed by atoms with Gasteiger partial charge in [0.15, 0.2) is 0 Å². The van der Waals surface area contributed by atoms with Gasteiger partial charge in [0.2, 0.25) is 0 Å². The largest absolute Gasteiger partial charge is 0.280 e. The van der Waals surface area contributed by atoms with Crippen molar-refractivity contribution in [1.82, 2.24) is 4.98 Å². The third-order valence-corrected chi connectivity index (χ3v) is 6.69. The molecule has 146 valence electrons. The molecule has 0 unspecified atom stereocenters. The number of hydrogen-bond acceptors (Lipinski definition) is 4. The molecule has 3 aromatic carbocycles. The third kappa shape index (κ3) is 4.48. The maximum atomic E-state index is 13.0. The molecule has 0 fully saturated rings. The molecule has 0 atom stereocenters. The Morgan fingerprint density at radius 2 is 1.48 bits per heavy atom. The minimum absolute atomic E-state index is 0.00455. The van der Waals surface area contributed by atoms with Crippen molar-refractivity contribution < 1.29 is 12.8 Å². The topological polar surface area (TPSA) is 59.1 Å². The molecule has 0 bridgehead atoms. The zero-order valence-corrected chi connectivity index (χ0v) is 17.2. The fourth-order valence-corrected chi connectivity index (χ4v) is 4.69. The maximum Gasteiger partial charge on any atom is 0.261 e. The SMILES string of the molecule is O=S(=O)(Nc1ccc(-c2csc(-c3ccc(Cl)cc3)n2)cc1)c1ccc(F)cc1. The van der Waals surface area contributed by atoms with Crippen LogP contribution in [0.4, 0.5) is 10.1 Å². The minimum Gasteiger partial charge on any atom is -0.280 e. The second-order valence-electron chi connectivity index (χ2n) is 6.18. The Morgan fingerprint density at radius 1 is 0.862 bits per heavy atom. The Labute approximate surface area is 176 Å². The van der Waals surface area contributed by atoms with Crippen molar-refractivity contribution in [3.05, 3.63) is 89.0 Å². The minimum atomic E-state index is -3.78. The first kappa shape index (κ1) is 19.6. The highest BCUT2D eigenvalue weighted by atomic mass is 35.5. The third-order valence-electron chi connectivity index (χ3n) is 4.15. The van der Waals surface area contributed by atoms with Crippen molar-refractivity contribution >= 4 is 38.6 Å². The first-order chi connectivity index (χ1) is 13.9. The van der Waals surface area contributed by atoms with E-state index in [-0.39, 0.29) is 4.90 Å². The zero-order valence-electron chi connectivity index (χ0n) is 14.8. The van der Waals surface area contributed by atoms with Gasteiger partial charge in [-0.15, -0.1) is 11.3 Å². The van der Waals surface area contributed by atoms with E-state index >= 15 is 0 Å². The molecule has 4 nitrogen and oxygen atoms in total. The Bertz CT molecular complexity index is 1240. The second kappa shape index (κ2) is 7.94. The lowest BCUT2D eigenvalue weighted by Crippen LogP contribution is -2.12. The van der Waals surface area contributed by atoms with Gasteiger partial charge in [-0.05, 0) is 48.5 Å². The van der Waals surface area contributed by atoms with E-state index in [2.05, 4.69) is 9.71 Å². The molecule has 0 aliphatic heterocycles. The number of nitrogens with one attached hydrogen (secondary N) is 1. The number of hydrogen-bond donors (Lipinski definition) is 1. The molecule has 0 amide bonds. The number of rotatable bonds is 5. The van der Waals surface area contributed by atoms with Crippen molar-refractivity contribution in [2.75, 3.05) is 4.72 Å². The average Bonchev–Trinajstić information content (AvgIpc) is 3.19. The fraction of sp³-hybridized carbons (Fsp3) is 0. The number of nitrogens with zero attached hydrogens (tertiary/aromatic N) is 1. The number of thiazole rings is 1. The summed E-state index contributed by atoms with van der Waals surface area (Å²) in [4.78, 5) is 4.64. The summed E-state index contributed by atoms with van der Waals surface area (Å²) < 4.78 is 40.3. The molecule has 0 aliphatic rings. The quantitative estimate of drug-likeness (QED) is 0.406. The van der Waals surface area contributed by atoms with Crippen LogP contribution in [-0.4, -0.2) is 13.4 Å². The molecule has 0 spiro atoms. The van der Waals surface area contributed by atoms with Crippen molar-refractivity contribution in [2.24, 2.45) is 0 Å². The lowest BCUT2D eigenvalue weighted by molar-refractivity contribution is 0.599. The summed E-state index contributed by atoms with van der Waals surface area (Å²) >= 11 is 7.44. The molecular formula is C21H14ClFN2O2S2. The van der Waals surface area contributed by atoms with Gasteiger partial charge in [0, 0.05) is 27.2 Å². The molecule has 8 heteroatoms. The van der Waals surface area contributed by atoms with Crippen LogP contribution >= 0.6 is 22.9 Å². The average molecular weight is 445 g/mol. The zero-order chi connectivity index (χ0) is 20.4. The van der Waals surface area contributed by atoms with E-state index in [9.17, 15) is 12.8 Å². The molecular weight excluding hydrogens is 431 g/mol. The van der Waals surface area contributed by atoms with Crippen LogP contribution in [0.5, 0.6) is 0 Å². The normalized spacial score (nSPS) is 11.4. The second-order valence-corrected chi connectivity index (χ2v) is 9.16. The van der Waals surface area contributed by atoms with Gasteiger partial charge in [0.05, 0.1) is 10.6 Å². The Balaban J connectivity index is 1.52. The van der Waals surface area contributed by atoms with Crippen LogP contribution in [0.25, 0.3) is 21.8 Å². The van der Waals surface area contributed by atoms with Crippen molar-refractivity contribution in [2.45, 2.75) is 4.90 Å². The van der Waals surface area contributed by atoms with Gasteiger partial charge in [-0.25, -0.2) is 17.8 Å². The molecule has 1 N–H and O–H groups in total. The van der Waals surface area contributed by atoms with Gasteiger partial charge in [-0.3, -0.25) is 4.72 Å². The van der Waals surface area contributed by atoms with E-state index in [0.717, 1.165) is 34.0 Å². The number of sulfonamides is 1. The van der Waals surface area contributed by atoms with Crippen LogP contribution in [0.3, 0.4) is 0 Å². The fourth-order valence-electron chi connectivity index (χ4n) is 2.67. The molecule has 1 heterocycles. The Kier molecular flexibility index (Phi) is 5.36. The van der Waals surface area contributed by atoms with Gasteiger partial charge in [0.1, 0.15) is 10.8 Å². The van der Waals surface area contributed by atoms with Crippen LogP contribution in [0.15, 0.2) is 83.1 Å². The van der Waals surface area contributed by atoms with Crippen LogP contribution in [0, 0.1) is 5.82 Å². The molecule has 0 saturated carbocycles. The monoisotopic (exact) mass is 444 g/mol. The van der Waals surface area contributed by atoms with E-state index in [4.69, 9.17) is 11.6 Å². The van der Waals surface area contributed by atoms with Gasteiger partial charge in [-0.1, -0.05) is 35.9 Å². The van der Waals surface area contributed by atoms with Gasteiger partial charge in [-0.2, -0.15) is 0 Å².